The highest BCUT2D eigenvalue weighted by atomic mass is 16.5. The third-order valence-corrected chi connectivity index (χ3v) is 4.47. The number of aromatic nitrogens is 4. The molecule has 0 spiro atoms. The second kappa shape index (κ2) is 7.58. The van der Waals surface area contributed by atoms with Crippen molar-refractivity contribution in [3.63, 3.8) is 0 Å². The molecule has 1 fully saturated rings. The highest BCUT2D eigenvalue weighted by Gasteiger charge is 2.23. The van der Waals surface area contributed by atoms with Crippen molar-refractivity contribution >= 4 is 5.91 Å². The highest BCUT2D eigenvalue weighted by molar-refractivity contribution is 5.92. The third-order valence-electron chi connectivity index (χ3n) is 4.47. The van der Waals surface area contributed by atoms with Gasteiger partial charge in [-0.3, -0.25) is 4.79 Å². The maximum absolute atomic E-state index is 12.5. The molecule has 9 heteroatoms. The lowest BCUT2D eigenvalue weighted by Crippen LogP contribution is -2.47. The topological polar surface area (TPSA) is 89.5 Å². The number of benzene rings is 1. The summed E-state index contributed by atoms with van der Waals surface area (Å²) in [6.45, 7) is 3.33. The fourth-order valence-corrected chi connectivity index (χ4v) is 2.84. The molecule has 9 nitrogen and oxygen atoms in total. The number of likely N-dealkylation sites (N-methyl/N-ethyl adjacent to an activating group) is 1. The number of piperazine rings is 1. The molecule has 27 heavy (non-hydrogen) atoms. The molecule has 1 aliphatic rings. The van der Waals surface area contributed by atoms with Gasteiger partial charge in [-0.15, -0.1) is 0 Å². The van der Waals surface area contributed by atoms with Gasteiger partial charge in [-0.05, 0) is 31.3 Å². The van der Waals surface area contributed by atoms with Gasteiger partial charge in [0.25, 0.3) is 5.91 Å². The van der Waals surface area contributed by atoms with E-state index in [4.69, 9.17) is 9.26 Å². The lowest BCUT2D eigenvalue weighted by molar-refractivity contribution is 0.0653. The summed E-state index contributed by atoms with van der Waals surface area (Å²) < 4.78 is 12.6. The van der Waals surface area contributed by atoms with E-state index < -0.39 is 0 Å². The van der Waals surface area contributed by atoms with Gasteiger partial charge in [0.1, 0.15) is 25.0 Å². The van der Waals surface area contributed by atoms with Gasteiger partial charge in [0, 0.05) is 32.2 Å². The van der Waals surface area contributed by atoms with E-state index in [0.29, 0.717) is 30.3 Å². The molecule has 3 heterocycles. The van der Waals surface area contributed by atoms with Crippen LogP contribution in [0, 0.1) is 0 Å². The molecule has 0 bridgehead atoms. The van der Waals surface area contributed by atoms with Gasteiger partial charge in [-0.25, -0.2) is 9.67 Å². The number of rotatable bonds is 5. The Bertz CT molecular complexity index is 882. The Balaban J connectivity index is 1.33. The first-order valence-electron chi connectivity index (χ1n) is 8.70. The minimum Gasteiger partial charge on any atom is -0.486 e. The maximum atomic E-state index is 12.5. The SMILES string of the molecule is CN1CCN(C(=O)c2cc(COc3ccc(-n4cncn4)cc3)on2)CC1. The van der Waals surface area contributed by atoms with Crippen molar-refractivity contribution in [2.45, 2.75) is 6.61 Å². The van der Waals surface area contributed by atoms with Gasteiger partial charge in [-0.1, -0.05) is 5.16 Å². The summed E-state index contributed by atoms with van der Waals surface area (Å²) in [5.74, 6) is 1.09. The minimum atomic E-state index is -0.102. The molecule has 1 aromatic carbocycles. The molecule has 1 amide bonds. The Morgan fingerprint density at radius 2 is 1.96 bits per heavy atom. The standard InChI is InChI=1S/C18H20N6O3/c1-22-6-8-23(9-7-22)18(25)17-10-16(27-21-17)11-26-15-4-2-14(3-5-15)24-13-19-12-20-24/h2-5,10,12-13H,6-9,11H2,1H3. The molecular weight excluding hydrogens is 348 g/mol. The van der Waals surface area contributed by atoms with E-state index >= 15 is 0 Å². The number of carbonyl (C=O) groups excluding carboxylic acids is 1. The predicted molar refractivity (Wildman–Crippen MR) is 95.6 cm³/mol. The monoisotopic (exact) mass is 368 g/mol. The van der Waals surface area contributed by atoms with Crippen LogP contribution in [0.5, 0.6) is 5.75 Å². The molecule has 1 aliphatic heterocycles. The molecule has 4 rings (SSSR count). The van der Waals surface area contributed by atoms with Gasteiger partial charge in [0.2, 0.25) is 0 Å². The predicted octanol–water partition coefficient (Wildman–Crippen LogP) is 1.22. The zero-order valence-corrected chi connectivity index (χ0v) is 15.0. The van der Waals surface area contributed by atoms with E-state index in [0.717, 1.165) is 18.8 Å². The summed E-state index contributed by atoms with van der Waals surface area (Å²) in [5, 5.41) is 7.97. The molecule has 0 radical (unpaired) electrons. The quantitative estimate of drug-likeness (QED) is 0.669. The molecule has 2 aromatic heterocycles. The Morgan fingerprint density at radius 1 is 1.19 bits per heavy atom. The highest BCUT2D eigenvalue weighted by Crippen LogP contribution is 2.17. The number of carbonyl (C=O) groups is 1. The summed E-state index contributed by atoms with van der Waals surface area (Å²) in [7, 11) is 2.05. The zero-order valence-electron chi connectivity index (χ0n) is 15.0. The van der Waals surface area contributed by atoms with E-state index in [1.165, 1.54) is 6.33 Å². The molecule has 0 atom stereocenters. The molecule has 0 aliphatic carbocycles. The molecule has 3 aromatic rings. The van der Waals surface area contributed by atoms with Crippen molar-refractivity contribution < 1.29 is 14.1 Å². The van der Waals surface area contributed by atoms with Gasteiger partial charge in [-0.2, -0.15) is 5.10 Å². The molecule has 0 N–H and O–H groups in total. The van der Waals surface area contributed by atoms with Crippen LogP contribution < -0.4 is 4.74 Å². The molecular formula is C18H20N6O3. The Kier molecular flexibility index (Phi) is 4.84. The fraction of sp³-hybridized carbons (Fsp3) is 0.333. The summed E-state index contributed by atoms with van der Waals surface area (Å²) in [5.41, 5.74) is 1.21. The van der Waals surface area contributed by atoms with Crippen molar-refractivity contribution in [2.75, 3.05) is 33.2 Å². The van der Waals surface area contributed by atoms with Crippen LogP contribution in [0.25, 0.3) is 5.69 Å². The van der Waals surface area contributed by atoms with E-state index in [9.17, 15) is 4.79 Å². The normalized spacial score (nSPS) is 15.1. The largest absolute Gasteiger partial charge is 0.486 e. The first-order valence-corrected chi connectivity index (χ1v) is 8.70. The average Bonchev–Trinajstić information content (AvgIpc) is 3.39. The van der Waals surface area contributed by atoms with E-state index in [2.05, 4.69) is 20.1 Å². The van der Waals surface area contributed by atoms with Crippen LogP contribution >= 0.6 is 0 Å². The first-order chi connectivity index (χ1) is 13.2. The second-order valence-corrected chi connectivity index (χ2v) is 6.40. The first kappa shape index (κ1) is 17.2. The summed E-state index contributed by atoms with van der Waals surface area (Å²) in [6, 6.07) is 9.08. The summed E-state index contributed by atoms with van der Waals surface area (Å²) in [6.07, 6.45) is 3.11. The van der Waals surface area contributed by atoms with Crippen LogP contribution in [0.3, 0.4) is 0 Å². The van der Waals surface area contributed by atoms with Crippen LogP contribution in [-0.4, -0.2) is 68.9 Å². The lowest BCUT2D eigenvalue weighted by atomic mass is 10.2. The van der Waals surface area contributed by atoms with Crippen molar-refractivity contribution in [1.82, 2.24) is 29.7 Å². The number of hydrogen-bond donors (Lipinski definition) is 0. The lowest BCUT2D eigenvalue weighted by Gasteiger charge is -2.31. The molecule has 140 valence electrons. The van der Waals surface area contributed by atoms with Crippen molar-refractivity contribution in [3.05, 3.63) is 54.4 Å². The third kappa shape index (κ3) is 3.98. The summed E-state index contributed by atoms with van der Waals surface area (Å²) >= 11 is 0. The van der Waals surface area contributed by atoms with E-state index in [1.807, 2.05) is 31.3 Å². The van der Waals surface area contributed by atoms with Crippen molar-refractivity contribution in [1.29, 1.82) is 0 Å². The van der Waals surface area contributed by atoms with Crippen LogP contribution in [0.1, 0.15) is 16.2 Å². The van der Waals surface area contributed by atoms with Gasteiger partial charge >= 0.3 is 0 Å². The maximum Gasteiger partial charge on any atom is 0.276 e. The van der Waals surface area contributed by atoms with Gasteiger partial charge in [0.05, 0.1) is 5.69 Å². The fourth-order valence-electron chi connectivity index (χ4n) is 2.84. The Morgan fingerprint density at radius 3 is 2.67 bits per heavy atom. The van der Waals surface area contributed by atoms with Crippen LogP contribution in [0.2, 0.25) is 0 Å². The van der Waals surface area contributed by atoms with Crippen LogP contribution in [-0.2, 0) is 6.61 Å². The average molecular weight is 368 g/mol. The van der Waals surface area contributed by atoms with Gasteiger partial charge < -0.3 is 19.1 Å². The van der Waals surface area contributed by atoms with Crippen molar-refractivity contribution in [3.8, 4) is 11.4 Å². The number of nitrogens with zero attached hydrogens (tertiary/aromatic N) is 6. The smallest absolute Gasteiger partial charge is 0.276 e. The second-order valence-electron chi connectivity index (χ2n) is 6.40. The van der Waals surface area contributed by atoms with Crippen LogP contribution in [0.4, 0.5) is 0 Å². The van der Waals surface area contributed by atoms with Gasteiger partial charge in [0.15, 0.2) is 11.5 Å². The minimum absolute atomic E-state index is 0.102. The number of ether oxygens (including phenoxy) is 1. The summed E-state index contributed by atoms with van der Waals surface area (Å²) in [4.78, 5) is 20.4. The zero-order chi connectivity index (χ0) is 18.6. The molecule has 0 saturated carbocycles. The number of hydrogen-bond acceptors (Lipinski definition) is 7. The van der Waals surface area contributed by atoms with E-state index in [1.54, 1.807) is 22.0 Å². The Hall–Kier alpha value is -3.20. The van der Waals surface area contributed by atoms with E-state index in [-0.39, 0.29) is 12.5 Å². The molecule has 1 saturated heterocycles. The van der Waals surface area contributed by atoms with Crippen molar-refractivity contribution in [2.24, 2.45) is 0 Å². The van der Waals surface area contributed by atoms with Crippen LogP contribution in [0.15, 0.2) is 47.5 Å². The number of amides is 1. The molecule has 0 unspecified atom stereocenters. The Labute approximate surface area is 156 Å².